The van der Waals surface area contributed by atoms with Gasteiger partial charge in [-0.1, -0.05) is 0 Å². The third-order valence-electron chi connectivity index (χ3n) is 0.529. The fraction of sp³-hybridized carbons (Fsp3) is 0.833. The first-order valence-electron chi connectivity index (χ1n) is 3.15. The van der Waals surface area contributed by atoms with E-state index in [2.05, 4.69) is 9.47 Å². The maximum absolute atomic E-state index is 9.97. The molecule has 5 heteroatoms. The van der Waals surface area contributed by atoms with E-state index in [-0.39, 0.29) is 13.2 Å². The SMILES string of the molecule is CCOC(=O)OC.OCCO. The summed E-state index contributed by atoms with van der Waals surface area (Å²) < 4.78 is 8.46. The number of rotatable bonds is 2. The lowest BCUT2D eigenvalue weighted by atomic mass is 10.8. The highest BCUT2D eigenvalue weighted by molar-refractivity contribution is 5.59. The third kappa shape index (κ3) is 17.6. The number of methoxy groups -OCH3 is 1. The Morgan fingerprint density at radius 2 is 1.82 bits per heavy atom. The first-order chi connectivity index (χ1) is 5.22. The first kappa shape index (κ1) is 12.8. The lowest BCUT2D eigenvalue weighted by Gasteiger charge is -1.94. The van der Waals surface area contributed by atoms with Crippen LogP contribution in [0.25, 0.3) is 0 Å². The zero-order valence-electron chi connectivity index (χ0n) is 6.74. The van der Waals surface area contributed by atoms with Gasteiger partial charge in [-0.2, -0.15) is 0 Å². The molecule has 0 spiro atoms. The molecule has 0 heterocycles. The van der Waals surface area contributed by atoms with Crippen LogP contribution in [0.1, 0.15) is 6.92 Å². The predicted molar refractivity (Wildman–Crippen MR) is 38.2 cm³/mol. The molecule has 0 atom stereocenters. The highest BCUT2D eigenvalue weighted by atomic mass is 16.7. The van der Waals surface area contributed by atoms with Gasteiger partial charge in [0.25, 0.3) is 0 Å². The van der Waals surface area contributed by atoms with E-state index in [1.165, 1.54) is 7.11 Å². The van der Waals surface area contributed by atoms with E-state index in [0.717, 1.165) is 0 Å². The lowest BCUT2D eigenvalue weighted by molar-refractivity contribution is 0.0771. The van der Waals surface area contributed by atoms with Gasteiger partial charge < -0.3 is 19.7 Å². The van der Waals surface area contributed by atoms with Crippen molar-refractivity contribution >= 4 is 6.16 Å². The van der Waals surface area contributed by atoms with Gasteiger partial charge in [-0.25, -0.2) is 4.79 Å². The van der Waals surface area contributed by atoms with Crippen molar-refractivity contribution in [1.29, 1.82) is 0 Å². The van der Waals surface area contributed by atoms with Crippen LogP contribution in [0, 0.1) is 0 Å². The van der Waals surface area contributed by atoms with E-state index < -0.39 is 6.16 Å². The van der Waals surface area contributed by atoms with E-state index in [1.807, 2.05) is 0 Å². The van der Waals surface area contributed by atoms with Gasteiger partial charge in [0.2, 0.25) is 0 Å². The van der Waals surface area contributed by atoms with Crippen LogP contribution in [-0.2, 0) is 9.47 Å². The molecule has 2 N–H and O–H groups in total. The molecule has 0 saturated carbocycles. The number of aliphatic hydroxyl groups excluding tert-OH is 2. The number of hydrogen-bond donors (Lipinski definition) is 2. The number of ether oxygens (including phenoxy) is 2. The average Bonchev–Trinajstić information content (AvgIpc) is 2.05. The summed E-state index contributed by atoms with van der Waals surface area (Å²) in [7, 11) is 1.28. The van der Waals surface area contributed by atoms with Crippen LogP contribution in [0.4, 0.5) is 4.79 Å². The monoisotopic (exact) mass is 166 g/mol. The molecule has 0 aliphatic heterocycles. The van der Waals surface area contributed by atoms with Gasteiger partial charge in [-0.15, -0.1) is 0 Å². The smallest absolute Gasteiger partial charge is 0.438 e. The van der Waals surface area contributed by atoms with E-state index in [1.54, 1.807) is 6.92 Å². The van der Waals surface area contributed by atoms with Gasteiger partial charge in [-0.05, 0) is 6.92 Å². The summed E-state index contributed by atoms with van der Waals surface area (Å²) >= 11 is 0. The number of aliphatic hydroxyl groups is 2. The Morgan fingerprint density at radius 1 is 1.36 bits per heavy atom. The Bertz CT molecular complexity index is 81.0. The van der Waals surface area contributed by atoms with Gasteiger partial charge in [0.1, 0.15) is 0 Å². The Kier molecular flexibility index (Phi) is 13.9. The summed E-state index contributed by atoms with van der Waals surface area (Å²) in [4.78, 5) is 9.97. The fourth-order valence-corrected chi connectivity index (χ4v) is 0.177. The van der Waals surface area contributed by atoms with Crippen LogP contribution >= 0.6 is 0 Å². The topological polar surface area (TPSA) is 76.0 Å². The highest BCUT2D eigenvalue weighted by Crippen LogP contribution is 1.77. The first-order valence-corrected chi connectivity index (χ1v) is 3.15. The molecule has 0 bridgehead atoms. The van der Waals surface area contributed by atoms with Crippen molar-refractivity contribution in [3.05, 3.63) is 0 Å². The predicted octanol–water partition coefficient (Wildman–Crippen LogP) is -0.240. The Labute approximate surface area is 65.5 Å². The van der Waals surface area contributed by atoms with Gasteiger partial charge in [0, 0.05) is 0 Å². The molecule has 0 saturated heterocycles. The summed E-state index contributed by atoms with van der Waals surface area (Å²) in [5, 5.41) is 15.2. The molecule has 0 radical (unpaired) electrons. The molecule has 5 nitrogen and oxygen atoms in total. The Morgan fingerprint density at radius 3 is 1.91 bits per heavy atom. The van der Waals surface area contributed by atoms with Crippen LogP contribution in [0.2, 0.25) is 0 Å². The summed E-state index contributed by atoms with van der Waals surface area (Å²) in [5.74, 6) is 0. The molecule has 0 fully saturated rings. The maximum Gasteiger partial charge on any atom is 0.507 e. The minimum absolute atomic E-state index is 0.125. The summed E-state index contributed by atoms with van der Waals surface area (Å²) in [6.45, 7) is 1.84. The largest absolute Gasteiger partial charge is 0.507 e. The van der Waals surface area contributed by atoms with Crippen LogP contribution in [0.15, 0.2) is 0 Å². The molecule has 0 unspecified atom stereocenters. The van der Waals surface area contributed by atoms with Crippen LogP contribution in [-0.4, -0.2) is 43.3 Å². The molecule has 0 aromatic rings. The van der Waals surface area contributed by atoms with Crippen LogP contribution in [0.5, 0.6) is 0 Å². The normalized spacial score (nSPS) is 7.64. The third-order valence-corrected chi connectivity index (χ3v) is 0.529. The molecular formula is C6H14O5. The van der Waals surface area contributed by atoms with Crippen molar-refractivity contribution in [2.75, 3.05) is 26.9 Å². The zero-order chi connectivity index (χ0) is 9.11. The van der Waals surface area contributed by atoms with Crippen molar-refractivity contribution in [1.82, 2.24) is 0 Å². The Balaban J connectivity index is 0. The van der Waals surface area contributed by atoms with Crippen LogP contribution in [0.3, 0.4) is 0 Å². The standard InChI is InChI=1S/C4H8O3.C2H6O2/c1-3-7-4(5)6-2;3-1-2-4/h3H2,1-2H3;3-4H,1-2H2. The average molecular weight is 166 g/mol. The van der Waals surface area contributed by atoms with E-state index in [4.69, 9.17) is 10.2 Å². The minimum Gasteiger partial charge on any atom is -0.438 e. The quantitative estimate of drug-likeness (QED) is 0.554. The molecule has 0 aliphatic carbocycles. The maximum atomic E-state index is 9.97. The molecule has 0 rings (SSSR count). The number of carbonyl (C=O) groups is 1. The van der Waals surface area contributed by atoms with Crippen molar-refractivity contribution in [2.45, 2.75) is 6.92 Å². The van der Waals surface area contributed by atoms with E-state index in [9.17, 15) is 4.79 Å². The van der Waals surface area contributed by atoms with E-state index >= 15 is 0 Å². The minimum atomic E-state index is -0.623. The number of carbonyl (C=O) groups excluding carboxylic acids is 1. The molecule has 0 amide bonds. The van der Waals surface area contributed by atoms with Crippen molar-refractivity contribution in [2.24, 2.45) is 0 Å². The van der Waals surface area contributed by atoms with Gasteiger partial charge in [0.05, 0.1) is 26.9 Å². The van der Waals surface area contributed by atoms with Gasteiger partial charge >= 0.3 is 6.16 Å². The molecule has 11 heavy (non-hydrogen) atoms. The number of hydrogen-bond acceptors (Lipinski definition) is 5. The second-order valence-corrected chi connectivity index (χ2v) is 1.33. The molecule has 0 aromatic heterocycles. The molecule has 68 valence electrons. The highest BCUT2D eigenvalue weighted by Gasteiger charge is 1.92. The van der Waals surface area contributed by atoms with E-state index in [0.29, 0.717) is 6.61 Å². The van der Waals surface area contributed by atoms with Crippen molar-refractivity contribution in [3.63, 3.8) is 0 Å². The fourth-order valence-electron chi connectivity index (χ4n) is 0.177. The van der Waals surface area contributed by atoms with Gasteiger partial charge in [-0.3, -0.25) is 0 Å². The summed E-state index contributed by atoms with van der Waals surface area (Å²) in [6.07, 6.45) is -0.623. The lowest BCUT2D eigenvalue weighted by Crippen LogP contribution is -2.02. The van der Waals surface area contributed by atoms with Crippen LogP contribution < -0.4 is 0 Å². The second-order valence-electron chi connectivity index (χ2n) is 1.33. The molecular weight excluding hydrogens is 152 g/mol. The summed E-state index contributed by atoms with van der Waals surface area (Å²) in [6, 6.07) is 0. The Hall–Kier alpha value is -0.810. The summed E-state index contributed by atoms with van der Waals surface area (Å²) in [5.41, 5.74) is 0. The van der Waals surface area contributed by atoms with Gasteiger partial charge in [0.15, 0.2) is 0 Å². The van der Waals surface area contributed by atoms with Crippen molar-refractivity contribution < 1.29 is 24.5 Å². The van der Waals surface area contributed by atoms with Crippen molar-refractivity contribution in [3.8, 4) is 0 Å². The second kappa shape index (κ2) is 11.9. The zero-order valence-corrected chi connectivity index (χ0v) is 6.74. The molecule has 0 aliphatic rings. The molecule has 0 aromatic carbocycles.